The summed E-state index contributed by atoms with van der Waals surface area (Å²) in [5.74, 6) is 1.90. The highest BCUT2D eigenvalue weighted by Gasteiger charge is 2.39. The van der Waals surface area contributed by atoms with Gasteiger partial charge in [0.05, 0.1) is 17.2 Å². The van der Waals surface area contributed by atoms with Crippen LogP contribution in [0.3, 0.4) is 0 Å². The molecule has 1 aromatic heterocycles. The molecule has 30 heavy (non-hydrogen) atoms. The molecule has 4 rings (SSSR count). The summed E-state index contributed by atoms with van der Waals surface area (Å²) in [5, 5.41) is 4.32. The van der Waals surface area contributed by atoms with Gasteiger partial charge in [0.15, 0.2) is 5.60 Å². The Morgan fingerprint density at radius 1 is 1.13 bits per heavy atom. The average molecular weight is 406 g/mol. The highest BCUT2D eigenvalue weighted by Crippen LogP contribution is 2.41. The highest BCUT2D eigenvalue weighted by molar-refractivity contribution is 6.05. The maximum Gasteiger partial charge on any atom is 0.270 e. The number of benzene rings is 2. The SMILES string of the molecule is Cc1cc(N)cc([C@@H](C)Nc2nc(C)nc3cc4c(cc23)N(C)C(=O)C(C)(C)O4)c1. The van der Waals surface area contributed by atoms with E-state index in [2.05, 4.69) is 28.3 Å². The van der Waals surface area contributed by atoms with Gasteiger partial charge in [-0.05, 0) is 63.9 Å². The number of carbonyl (C=O) groups excluding carboxylic acids is 1. The van der Waals surface area contributed by atoms with Crippen LogP contribution in [-0.4, -0.2) is 28.5 Å². The molecule has 0 fully saturated rings. The van der Waals surface area contributed by atoms with Crippen molar-refractivity contribution in [3.63, 3.8) is 0 Å². The number of nitrogens with one attached hydrogen (secondary N) is 1. The minimum atomic E-state index is -0.918. The summed E-state index contributed by atoms with van der Waals surface area (Å²) in [6.07, 6.45) is 0. The molecule has 0 unspecified atom stereocenters. The summed E-state index contributed by atoms with van der Waals surface area (Å²) in [7, 11) is 1.76. The molecule has 0 bridgehead atoms. The molecule has 1 amide bonds. The van der Waals surface area contributed by atoms with Crippen LogP contribution in [0.15, 0.2) is 30.3 Å². The van der Waals surface area contributed by atoms with Crippen LogP contribution in [0.1, 0.15) is 43.8 Å². The molecule has 156 valence electrons. The van der Waals surface area contributed by atoms with E-state index in [-0.39, 0.29) is 11.9 Å². The number of aromatic nitrogens is 2. The zero-order valence-electron chi connectivity index (χ0n) is 18.2. The maximum atomic E-state index is 12.7. The molecule has 1 aliphatic rings. The van der Waals surface area contributed by atoms with Crippen LogP contribution in [0.2, 0.25) is 0 Å². The summed E-state index contributed by atoms with van der Waals surface area (Å²) in [6.45, 7) is 9.49. The fraction of sp³-hybridized carbons (Fsp3) is 0.348. The number of anilines is 3. The Balaban J connectivity index is 1.80. The van der Waals surface area contributed by atoms with Crippen molar-refractivity contribution < 1.29 is 9.53 Å². The molecule has 0 saturated heterocycles. The Kier molecular flexibility index (Phi) is 4.56. The average Bonchev–Trinajstić information content (AvgIpc) is 2.64. The van der Waals surface area contributed by atoms with Crippen LogP contribution in [0, 0.1) is 13.8 Å². The number of nitrogens with two attached hydrogens (primary N) is 1. The van der Waals surface area contributed by atoms with Crippen molar-refractivity contribution in [2.45, 2.75) is 46.3 Å². The molecule has 1 atom stereocenters. The van der Waals surface area contributed by atoms with Gasteiger partial charge in [-0.3, -0.25) is 4.79 Å². The number of nitrogens with zero attached hydrogens (tertiary/aromatic N) is 3. The van der Waals surface area contributed by atoms with E-state index in [0.717, 1.165) is 27.7 Å². The van der Waals surface area contributed by atoms with E-state index in [0.29, 0.717) is 23.1 Å². The lowest BCUT2D eigenvalue weighted by Gasteiger charge is -2.37. The van der Waals surface area contributed by atoms with Gasteiger partial charge in [0, 0.05) is 24.2 Å². The predicted molar refractivity (Wildman–Crippen MR) is 120 cm³/mol. The summed E-state index contributed by atoms with van der Waals surface area (Å²) < 4.78 is 5.98. The van der Waals surface area contributed by atoms with Crippen LogP contribution < -0.4 is 20.7 Å². The molecule has 0 radical (unpaired) electrons. The normalized spacial score (nSPS) is 16.2. The van der Waals surface area contributed by atoms with Gasteiger partial charge in [-0.15, -0.1) is 0 Å². The number of fused-ring (bicyclic) bond motifs is 2. The van der Waals surface area contributed by atoms with Crippen molar-refractivity contribution in [3.05, 3.63) is 47.3 Å². The van der Waals surface area contributed by atoms with Crippen LogP contribution in [0.4, 0.5) is 17.2 Å². The monoisotopic (exact) mass is 405 g/mol. The van der Waals surface area contributed by atoms with E-state index < -0.39 is 5.60 Å². The lowest BCUT2D eigenvalue weighted by Crippen LogP contribution is -2.50. The summed E-state index contributed by atoms with van der Waals surface area (Å²) in [6, 6.07) is 9.79. The van der Waals surface area contributed by atoms with Crippen molar-refractivity contribution in [1.29, 1.82) is 0 Å². The summed E-state index contributed by atoms with van der Waals surface area (Å²) in [4.78, 5) is 23.5. The minimum absolute atomic E-state index is 0.0183. The third kappa shape index (κ3) is 3.40. The first-order valence-electron chi connectivity index (χ1n) is 9.98. The quantitative estimate of drug-likeness (QED) is 0.636. The molecular weight excluding hydrogens is 378 g/mol. The fourth-order valence-corrected chi connectivity index (χ4v) is 3.93. The highest BCUT2D eigenvalue weighted by atomic mass is 16.5. The molecule has 2 aromatic carbocycles. The molecule has 0 saturated carbocycles. The Labute approximate surface area is 176 Å². The second kappa shape index (κ2) is 6.86. The standard InChI is InChI=1S/C23H27N5O2/c1-12-7-15(9-16(24)8-12)13(2)25-21-17-10-19-20(11-18(17)26-14(3)27-21)30-23(4,5)22(29)28(19)6/h7-11,13H,24H2,1-6H3,(H,25,26,27)/t13-/m1/s1. The topological polar surface area (TPSA) is 93.4 Å². The number of hydrogen-bond donors (Lipinski definition) is 2. The number of ether oxygens (including phenoxy) is 1. The lowest BCUT2D eigenvalue weighted by molar-refractivity contribution is -0.132. The number of amides is 1. The summed E-state index contributed by atoms with van der Waals surface area (Å²) in [5.41, 5.74) is 9.49. The van der Waals surface area contributed by atoms with Crippen molar-refractivity contribution in [2.24, 2.45) is 0 Å². The molecule has 3 aromatic rings. The first-order valence-corrected chi connectivity index (χ1v) is 9.98. The molecule has 7 heteroatoms. The van der Waals surface area contributed by atoms with Crippen molar-refractivity contribution in [3.8, 4) is 5.75 Å². The van der Waals surface area contributed by atoms with E-state index in [1.54, 1.807) is 25.8 Å². The largest absolute Gasteiger partial charge is 0.476 e. The molecule has 0 spiro atoms. The van der Waals surface area contributed by atoms with Gasteiger partial charge in [0.25, 0.3) is 5.91 Å². The Morgan fingerprint density at radius 2 is 1.87 bits per heavy atom. The maximum absolute atomic E-state index is 12.7. The fourth-order valence-electron chi connectivity index (χ4n) is 3.93. The van der Waals surface area contributed by atoms with Crippen molar-refractivity contribution >= 4 is 34.0 Å². The third-order valence-electron chi connectivity index (χ3n) is 5.41. The van der Waals surface area contributed by atoms with E-state index in [9.17, 15) is 4.79 Å². The first-order chi connectivity index (χ1) is 14.0. The number of carbonyl (C=O) groups is 1. The molecule has 7 nitrogen and oxygen atoms in total. The van der Waals surface area contributed by atoms with Crippen molar-refractivity contribution in [1.82, 2.24) is 9.97 Å². The molecule has 1 aliphatic heterocycles. The van der Waals surface area contributed by atoms with E-state index in [1.807, 2.05) is 38.1 Å². The van der Waals surface area contributed by atoms with E-state index in [1.165, 1.54) is 0 Å². The molecule has 3 N–H and O–H groups in total. The number of nitrogen functional groups attached to an aromatic ring is 1. The Morgan fingerprint density at radius 3 is 2.57 bits per heavy atom. The van der Waals surface area contributed by atoms with Gasteiger partial charge in [-0.25, -0.2) is 9.97 Å². The smallest absolute Gasteiger partial charge is 0.270 e. The lowest BCUT2D eigenvalue weighted by atomic mass is 10.0. The molecule has 0 aliphatic carbocycles. The number of aryl methyl sites for hydroxylation is 2. The minimum Gasteiger partial charge on any atom is -0.476 e. The second-order valence-electron chi connectivity index (χ2n) is 8.48. The Bertz CT molecular complexity index is 1150. The number of rotatable bonds is 3. The zero-order chi connectivity index (χ0) is 21.8. The van der Waals surface area contributed by atoms with Gasteiger partial charge in [-0.1, -0.05) is 6.07 Å². The van der Waals surface area contributed by atoms with Gasteiger partial charge in [-0.2, -0.15) is 0 Å². The summed E-state index contributed by atoms with van der Waals surface area (Å²) >= 11 is 0. The van der Waals surface area contributed by atoms with Crippen LogP contribution >= 0.6 is 0 Å². The molecule has 2 heterocycles. The van der Waals surface area contributed by atoms with E-state index in [4.69, 9.17) is 10.5 Å². The van der Waals surface area contributed by atoms with Crippen LogP contribution in [0.5, 0.6) is 5.75 Å². The molecular formula is C23H27N5O2. The van der Waals surface area contributed by atoms with Crippen molar-refractivity contribution in [2.75, 3.05) is 23.0 Å². The van der Waals surface area contributed by atoms with Gasteiger partial charge in [0.2, 0.25) is 0 Å². The zero-order valence-corrected chi connectivity index (χ0v) is 18.2. The number of likely N-dealkylation sites (N-methyl/N-ethyl adjacent to an activating group) is 1. The Hall–Kier alpha value is -3.35. The van der Waals surface area contributed by atoms with Gasteiger partial charge >= 0.3 is 0 Å². The van der Waals surface area contributed by atoms with Crippen LogP contribution in [0.25, 0.3) is 10.9 Å². The van der Waals surface area contributed by atoms with E-state index >= 15 is 0 Å². The third-order valence-corrected chi connectivity index (χ3v) is 5.41. The van der Waals surface area contributed by atoms with Gasteiger partial charge in [0.1, 0.15) is 17.4 Å². The van der Waals surface area contributed by atoms with Gasteiger partial charge < -0.3 is 20.7 Å². The second-order valence-corrected chi connectivity index (χ2v) is 8.48. The predicted octanol–water partition coefficient (Wildman–Crippen LogP) is 4.14. The first kappa shape index (κ1) is 19.9. The number of hydrogen-bond acceptors (Lipinski definition) is 6. The van der Waals surface area contributed by atoms with Crippen LogP contribution in [-0.2, 0) is 4.79 Å².